The lowest BCUT2D eigenvalue weighted by atomic mass is 10.3. The van der Waals surface area contributed by atoms with Gasteiger partial charge >= 0.3 is 5.97 Å². The first-order chi connectivity index (χ1) is 9.08. The molecule has 0 atom stereocenters. The number of nitrogens with zero attached hydrogens (tertiary/aromatic N) is 2. The number of benzene rings is 1. The number of ether oxygens (including phenoxy) is 1. The molecular formula is C14H20N2O3. The molecule has 0 aliphatic heterocycles. The average Bonchev–Trinajstić information content (AvgIpc) is 2.46. The van der Waals surface area contributed by atoms with E-state index < -0.39 is 0 Å². The standard InChI is InChI=1S/C14H20N2O3/c1-4-16(11-14(18)19-3)10-13(17)15(2)12-8-6-5-7-9-12/h5-9H,4,10-11H2,1-3H3. The van der Waals surface area contributed by atoms with Crippen LogP contribution in [0.3, 0.4) is 0 Å². The largest absolute Gasteiger partial charge is 0.468 e. The number of likely N-dealkylation sites (N-methyl/N-ethyl adjacent to an activating group) is 2. The number of rotatable bonds is 6. The second kappa shape index (κ2) is 7.53. The third kappa shape index (κ3) is 4.71. The number of anilines is 1. The fourth-order valence-electron chi connectivity index (χ4n) is 1.62. The Morgan fingerprint density at radius 2 is 1.79 bits per heavy atom. The van der Waals surface area contributed by atoms with Gasteiger partial charge in [-0.25, -0.2) is 0 Å². The molecule has 0 saturated heterocycles. The Bertz CT molecular complexity index is 420. The maximum atomic E-state index is 12.1. The minimum atomic E-state index is -0.336. The predicted octanol–water partition coefficient (Wildman–Crippen LogP) is 1.14. The van der Waals surface area contributed by atoms with Crippen molar-refractivity contribution in [3.05, 3.63) is 30.3 Å². The second-order valence-corrected chi connectivity index (χ2v) is 4.17. The fourth-order valence-corrected chi connectivity index (χ4v) is 1.62. The van der Waals surface area contributed by atoms with Crippen LogP contribution in [0.15, 0.2) is 30.3 Å². The van der Waals surface area contributed by atoms with Gasteiger partial charge in [0.1, 0.15) is 0 Å². The van der Waals surface area contributed by atoms with Gasteiger partial charge in [0.2, 0.25) is 5.91 Å². The van der Waals surface area contributed by atoms with Gasteiger partial charge in [-0.2, -0.15) is 0 Å². The van der Waals surface area contributed by atoms with Crippen LogP contribution in [0.4, 0.5) is 5.69 Å². The number of para-hydroxylation sites is 1. The van der Waals surface area contributed by atoms with Crippen molar-refractivity contribution in [1.82, 2.24) is 4.90 Å². The van der Waals surface area contributed by atoms with E-state index in [0.717, 1.165) is 5.69 Å². The number of esters is 1. The van der Waals surface area contributed by atoms with Gasteiger partial charge in [-0.3, -0.25) is 14.5 Å². The SMILES string of the molecule is CCN(CC(=O)OC)CC(=O)N(C)c1ccccc1. The smallest absolute Gasteiger partial charge is 0.319 e. The van der Waals surface area contributed by atoms with Gasteiger partial charge in [-0.1, -0.05) is 25.1 Å². The Morgan fingerprint density at radius 3 is 2.32 bits per heavy atom. The summed E-state index contributed by atoms with van der Waals surface area (Å²) in [5.74, 6) is -0.394. The van der Waals surface area contributed by atoms with Crippen molar-refractivity contribution in [2.24, 2.45) is 0 Å². The Labute approximate surface area is 113 Å². The first kappa shape index (κ1) is 15.2. The van der Waals surface area contributed by atoms with Gasteiger partial charge in [0, 0.05) is 12.7 Å². The maximum Gasteiger partial charge on any atom is 0.319 e. The zero-order valence-electron chi connectivity index (χ0n) is 11.6. The van der Waals surface area contributed by atoms with E-state index in [9.17, 15) is 9.59 Å². The zero-order chi connectivity index (χ0) is 14.3. The van der Waals surface area contributed by atoms with Crippen LogP contribution in [0.25, 0.3) is 0 Å². The van der Waals surface area contributed by atoms with Crippen molar-refractivity contribution in [3.8, 4) is 0 Å². The van der Waals surface area contributed by atoms with Crippen LogP contribution in [-0.2, 0) is 14.3 Å². The Balaban J connectivity index is 2.60. The van der Waals surface area contributed by atoms with Gasteiger partial charge in [-0.05, 0) is 18.7 Å². The average molecular weight is 264 g/mol. The van der Waals surface area contributed by atoms with E-state index in [1.807, 2.05) is 37.3 Å². The van der Waals surface area contributed by atoms with E-state index in [2.05, 4.69) is 4.74 Å². The molecule has 0 radical (unpaired) electrons. The maximum absolute atomic E-state index is 12.1. The molecule has 0 spiro atoms. The molecule has 0 fully saturated rings. The summed E-state index contributed by atoms with van der Waals surface area (Å²) in [6, 6.07) is 9.40. The molecular weight excluding hydrogens is 244 g/mol. The van der Waals surface area contributed by atoms with E-state index in [1.54, 1.807) is 16.8 Å². The van der Waals surface area contributed by atoms with Crippen molar-refractivity contribution >= 4 is 17.6 Å². The van der Waals surface area contributed by atoms with Crippen molar-refractivity contribution in [2.45, 2.75) is 6.92 Å². The van der Waals surface area contributed by atoms with E-state index in [1.165, 1.54) is 7.11 Å². The van der Waals surface area contributed by atoms with E-state index in [-0.39, 0.29) is 25.0 Å². The molecule has 5 nitrogen and oxygen atoms in total. The highest BCUT2D eigenvalue weighted by Gasteiger charge is 2.16. The van der Waals surface area contributed by atoms with Gasteiger partial charge in [0.15, 0.2) is 0 Å². The molecule has 1 aromatic carbocycles. The first-order valence-electron chi connectivity index (χ1n) is 6.19. The number of amides is 1. The summed E-state index contributed by atoms with van der Waals surface area (Å²) in [7, 11) is 3.07. The van der Waals surface area contributed by atoms with Crippen LogP contribution in [0.1, 0.15) is 6.92 Å². The lowest BCUT2D eigenvalue weighted by molar-refractivity contribution is -0.142. The number of hydrogen-bond acceptors (Lipinski definition) is 4. The van der Waals surface area contributed by atoms with Gasteiger partial charge in [-0.15, -0.1) is 0 Å². The third-order valence-electron chi connectivity index (χ3n) is 2.90. The van der Waals surface area contributed by atoms with Crippen molar-refractivity contribution in [2.75, 3.05) is 38.7 Å². The topological polar surface area (TPSA) is 49.9 Å². The van der Waals surface area contributed by atoms with E-state index in [0.29, 0.717) is 6.54 Å². The molecule has 0 N–H and O–H groups in total. The summed E-state index contributed by atoms with van der Waals surface area (Å²) in [4.78, 5) is 26.7. The second-order valence-electron chi connectivity index (χ2n) is 4.17. The monoisotopic (exact) mass is 264 g/mol. The molecule has 1 rings (SSSR count). The fraction of sp³-hybridized carbons (Fsp3) is 0.429. The number of methoxy groups -OCH3 is 1. The van der Waals surface area contributed by atoms with Gasteiger partial charge in [0.05, 0.1) is 20.2 Å². The quantitative estimate of drug-likeness (QED) is 0.723. The molecule has 0 aliphatic carbocycles. The summed E-state index contributed by atoms with van der Waals surface area (Å²) >= 11 is 0. The molecule has 0 heterocycles. The molecule has 1 amide bonds. The summed E-state index contributed by atoms with van der Waals surface area (Å²) in [6.07, 6.45) is 0. The third-order valence-corrected chi connectivity index (χ3v) is 2.90. The van der Waals surface area contributed by atoms with E-state index in [4.69, 9.17) is 0 Å². The minimum Gasteiger partial charge on any atom is -0.468 e. The zero-order valence-corrected chi connectivity index (χ0v) is 11.6. The molecule has 5 heteroatoms. The molecule has 0 saturated carbocycles. The first-order valence-corrected chi connectivity index (χ1v) is 6.19. The van der Waals surface area contributed by atoms with Crippen LogP contribution < -0.4 is 4.90 Å². The molecule has 104 valence electrons. The van der Waals surface area contributed by atoms with Gasteiger partial charge < -0.3 is 9.64 Å². The highest BCUT2D eigenvalue weighted by Crippen LogP contribution is 2.11. The number of carbonyl (C=O) groups is 2. The highest BCUT2D eigenvalue weighted by atomic mass is 16.5. The van der Waals surface area contributed by atoms with Crippen molar-refractivity contribution in [1.29, 1.82) is 0 Å². The molecule has 0 aliphatic rings. The van der Waals surface area contributed by atoms with Crippen LogP contribution in [0.2, 0.25) is 0 Å². The van der Waals surface area contributed by atoms with Crippen LogP contribution in [-0.4, -0.2) is 50.6 Å². The summed E-state index contributed by atoms with van der Waals surface area (Å²) in [5, 5.41) is 0. The molecule has 0 bridgehead atoms. The summed E-state index contributed by atoms with van der Waals surface area (Å²) < 4.78 is 4.60. The predicted molar refractivity (Wildman–Crippen MR) is 74.0 cm³/mol. The van der Waals surface area contributed by atoms with Gasteiger partial charge in [0.25, 0.3) is 0 Å². The lowest BCUT2D eigenvalue weighted by Gasteiger charge is -2.23. The van der Waals surface area contributed by atoms with Crippen LogP contribution in [0, 0.1) is 0 Å². The van der Waals surface area contributed by atoms with Crippen LogP contribution in [0.5, 0.6) is 0 Å². The molecule has 0 unspecified atom stereocenters. The Kier molecular flexibility index (Phi) is 6.02. The van der Waals surface area contributed by atoms with Crippen molar-refractivity contribution in [3.63, 3.8) is 0 Å². The van der Waals surface area contributed by atoms with Crippen LogP contribution >= 0.6 is 0 Å². The molecule has 1 aromatic rings. The number of carbonyl (C=O) groups excluding carboxylic acids is 2. The highest BCUT2D eigenvalue weighted by molar-refractivity contribution is 5.94. The Hall–Kier alpha value is -1.88. The lowest BCUT2D eigenvalue weighted by Crippen LogP contribution is -2.40. The normalized spacial score (nSPS) is 10.3. The molecule has 0 aromatic heterocycles. The molecule has 19 heavy (non-hydrogen) atoms. The minimum absolute atomic E-state index is 0.0584. The summed E-state index contributed by atoms with van der Waals surface area (Å²) in [5.41, 5.74) is 0.835. The van der Waals surface area contributed by atoms with Crippen molar-refractivity contribution < 1.29 is 14.3 Å². The Morgan fingerprint density at radius 1 is 1.16 bits per heavy atom. The van der Waals surface area contributed by atoms with E-state index >= 15 is 0 Å². The number of hydrogen-bond donors (Lipinski definition) is 0. The summed E-state index contributed by atoms with van der Waals surface area (Å²) in [6.45, 7) is 2.83.